The normalized spacial score (nSPS) is 21.7. The second-order valence-electron chi connectivity index (χ2n) is 27.7. The molecule has 89 heavy (non-hydrogen) atoms. The average Bonchev–Trinajstić information content (AvgIpc) is 1.53. The minimum absolute atomic E-state index is 0.0460. The van der Waals surface area contributed by atoms with Gasteiger partial charge in [-0.05, 0) is 140 Å². The van der Waals surface area contributed by atoms with Crippen LogP contribution in [0.1, 0.15) is 95.8 Å². The molecule has 6 heteroatoms. The summed E-state index contributed by atoms with van der Waals surface area (Å²) < 4.78 is 0. The van der Waals surface area contributed by atoms with E-state index in [1.54, 1.807) is 5.56 Å². The minimum atomic E-state index is -3.24. The lowest BCUT2D eigenvalue weighted by molar-refractivity contribution is 0.194. The first-order valence-corrected chi connectivity index (χ1v) is 37.0. The Bertz CT molecular complexity index is 4180. The summed E-state index contributed by atoms with van der Waals surface area (Å²) in [6, 6.07) is 107. The van der Waals surface area contributed by atoms with Crippen molar-refractivity contribution in [1.29, 1.82) is 0 Å². The highest BCUT2D eigenvalue weighted by Crippen LogP contribution is 2.65. The highest BCUT2D eigenvalue weighted by Gasteiger charge is 2.65. The van der Waals surface area contributed by atoms with Crippen molar-refractivity contribution in [3.05, 3.63) is 290 Å². The second-order valence-corrected chi connectivity index (χ2v) is 35.2. The average molecular weight is 1180 g/mol. The van der Waals surface area contributed by atoms with Gasteiger partial charge in [-0.1, -0.05) is 294 Å². The van der Waals surface area contributed by atoms with Crippen LogP contribution in [0.5, 0.6) is 0 Å². The topological polar surface area (TPSA) is 9.72 Å². The van der Waals surface area contributed by atoms with E-state index in [0.29, 0.717) is 0 Å². The minimum Gasteiger partial charge on any atom is -0.335 e. The molecule has 17 rings (SSSR count). The zero-order chi connectivity index (χ0) is 59.9. The van der Waals surface area contributed by atoms with Gasteiger partial charge < -0.3 is 14.7 Å². The molecule has 0 saturated heterocycles. The Hall–Kier alpha value is -8.68. The highest BCUT2D eigenvalue weighted by molar-refractivity contribution is 7.21. The third-order valence-electron chi connectivity index (χ3n) is 23.6. The van der Waals surface area contributed by atoms with Crippen LogP contribution in [0.2, 0.25) is 0 Å². The fourth-order valence-electron chi connectivity index (χ4n) is 19.3. The molecule has 4 atom stereocenters. The molecule has 0 radical (unpaired) electrons. The summed E-state index contributed by atoms with van der Waals surface area (Å²) in [6.45, 7) is 13.1. The molecule has 4 heterocycles. The molecular formula is C83H76BN3Si2. The molecule has 0 N–H and O–H groups in total. The van der Waals surface area contributed by atoms with Crippen LogP contribution in [0, 0.1) is 6.92 Å². The van der Waals surface area contributed by atoms with E-state index in [-0.39, 0.29) is 28.6 Å². The monoisotopic (exact) mass is 1180 g/mol. The Morgan fingerprint density at radius 1 is 0.360 bits per heavy atom. The van der Waals surface area contributed by atoms with Gasteiger partial charge in [0.25, 0.3) is 6.71 Å². The van der Waals surface area contributed by atoms with Crippen molar-refractivity contribution in [2.24, 2.45) is 0 Å². The summed E-state index contributed by atoms with van der Waals surface area (Å²) in [5.41, 5.74) is 17.8. The van der Waals surface area contributed by atoms with Crippen molar-refractivity contribution in [2.75, 3.05) is 14.7 Å². The summed E-state index contributed by atoms with van der Waals surface area (Å²) >= 11 is 0. The summed E-state index contributed by atoms with van der Waals surface area (Å²) in [7, 11) is -6.49. The number of benzene rings is 11. The molecule has 11 aromatic carbocycles. The first-order valence-electron chi connectivity index (χ1n) is 33.0. The summed E-state index contributed by atoms with van der Waals surface area (Å²) in [5, 5.41) is 10.8. The van der Waals surface area contributed by atoms with Gasteiger partial charge in [-0.2, -0.15) is 0 Å². The Kier molecular flexibility index (Phi) is 12.3. The van der Waals surface area contributed by atoms with Crippen molar-refractivity contribution < 1.29 is 0 Å². The van der Waals surface area contributed by atoms with Crippen LogP contribution in [-0.4, -0.2) is 33.9 Å². The smallest absolute Gasteiger partial charge is 0.252 e. The van der Waals surface area contributed by atoms with E-state index in [4.69, 9.17) is 0 Å². The molecule has 4 aliphatic heterocycles. The van der Waals surface area contributed by atoms with Crippen LogP contribution >= 0.6 is 0 Å². The van der Waals surface area contributed by atoms with Gasteiger partial charge >= 0.3 is 0 Å². The van der Waals surface area contributed by atoms with Crippen LogP contribution in [0.4, 0.5) is 39.8 Å². The van der Waals surface area contributed by atoms with Crippen LogP contribution in [0.3, 0.4) is 0 Å². The van der Waals surface area contributed by atoms with E-state index in [1.807, 2.05) is 0 Å². The summed E-state index contributed by atoms with van der Waals surface area (Å²) in [4.78, 5) is 8.78. The molecule has 0 bridgehead atoms. The van der Waals surface area contributed by atoms with E-state index < -0.39 is 16.1 Å². The fraction of sp³-hybridized carbons (Fsp3) is 0.205. The number of rotatable bonds is 11. The van der Waals surface area contributed by atoms with E-state index >= 15 is 0 Å². The Morgan fingerprint density at radius 3 is 1.13 bits per heavy atom. The molecule has 3 nitrogen and oxygen atoms in total. The number of para-hydroxylation sites is 3. The van der Waals surface area contributed by atoms with Gasteiger partial charge in [0.05, 0.1) is 16.8 Å². The molecule has 0 aromatic heterocycles. The molecule has 2 fully saturated rings. The van der Waals surface area contributed by atoms with E-state index in [1.165, 1.54) is 147 Å². The maximum atomic E-state index is 2.98. The SMILES string of the molecule is Cc1cc2c3c(c1)C1(C)CCCCC1(C)N3c1cc(N(c3ccccc3[Si](c3ccccc3)(c3ccccc3)c3ccccc3)c3ccccc3[Si](c3ccccc3)(c3ccccc3)c3ccccc3)cc3c1B2c1cccc2c1N3C1(C)CCCCC21C. The van der Waals surface area contributed by atoms with Gasteiger partial charge in [0.1, 0.15) is 0 Å². The molecule has 434 valence electrons. The Labute approximate surface area is 529 Å². The number of hydrogen-bond donors (Lipinski definition) is 0. The first-order chi connectivity index (χ1) is 43.6. The van der Waals surface area contributed by atoms with Crippen molar-refractivity contribution in [3.63, 3.8) is 0 Å². The van der Waals surface area contributed by atoms with Gasteiger partial charge in [0.15, 0.2) is 16.1 Å². The van der Waals surface area contributed by atoms with Gasteiger partial charge in [-0.3, -0.25) is 0 Å². The van der Waals surface area contributed by atoms with E-state index in [2.05, 4.69) is 322 Å². The van der Waals surface area contributed by atoms with Crippen LogP contribution in [0.25, 0.3) is 0 Å². The Balaban J connectivity index is 1.06. The maximum absolute atomic E-state index is 3.24. The van der Waals surface area contributed by atoms with E-state index in [9.17, 15) is 0 Å². The number of nitrogens with zero attached hydrogens (tertiary/aromatic N) is 3. The van der Waals surface area contributed by atoms with Crippen LogP contribution < -0.4 is 72.6 Å². The number of anilines is 7. The zero-order valence-corrected chi connectivity index (χ0v) is 54.1. The molecule has 6 aliphatic rings. The molecule has 4 unspecified atom stereocenters. The standard InChI is InChI=1S/C83H76BN3Si2/c1-59-55-68-79-70(56-59)84-69-46-32-45-67-78(69)86(82(4)53-30-28-51-80(67,82)2)73-57-60(58-74(77(73)84)87(79)83(5)54-31-29-52-81(68,83)3)85(71-47-24-26-49-75(71)88(61-33-12-6-13-34-61,62-35-14-7-15-36-62)63-37-16-8-17-38-63)72-48-25-27-50-76(72)89(64-39-18-9-19-40-64,65-41-20-10-21-42-65)66-43-22-11-23-44-66/h6-27,32-50,55-58H,28-31,51-54H2,1-5H3. The molecule has 0 amide bonds. The molecule has 11 aromatic rings. The van der Waals surface area contributed by atoms with Crippen LogP contribution in [0.15, 0.2) is 273 Å². The Morgan fingerprint density at radius 2 is 0.719 bits per heavy atom. The largest absolute Gasteiger partial charge is 0.335 e. The lowest BCUT2D eigenvalue weighted by Gasteiger charge is -2.55. The molecular weight excluding hydrogens is 1110 g/mol. The lowest BCUT2D eigenvalue weighted by atomic mass is 9.33. The molecule has 2 saturated carbocycles. The predicted molar refractivity (Wildman–Crippen MR) is 383 cm³/mol. The van der Waals surface area contributed by atoms with Gasteiger partial charge in [-0.15, -0.1) is 0 Å². The number of fused-ring (bicyclic) bond motifs is 10. The van der Waals surface area contributed by atoms with E-state index in [0.717, 1.165) is 12.8 Å². The van der Waals surface area contributed by atoms with Crippen LogP contribution in [-0.2, 0) is 10.8 Å². The van der Waals surface area contributed by atoms with Gasteiger partial charge in [0.2, 0.25) is 0 Å². The molecule has 2 aliphatic carbocycles. The van der Waals surface area contributed by atoms with Gasteiger partial charge in [-0.25, -0.2) is 0 Å². The van der Waals surface area contributed by atoms with Crippen molar-refractivity contribution in [2.45, 2.75) is 108 Å². The first kappa shape index (κ1) is 54.5. The number of aryl methyl sites for hydroxylation is 1. The zero-order valence-electron chi connectivity index (χ0n) is 52.1. The second kappa shape index (κ2) is 20.2. The van der Waals surface area contributed by atoms with Gasteiger partial charge in [0, 0.05) is 45.0 Å². The number of hydrogen-bond acceptors (Lipinski definition) is 3. The van der Waals surface area contributed by atoms with Crippen molar-refractivity contribution >= 4 is 121 Å². The summed E-state index contributed by atoms with van der Waals surface area (Å²) in [5.74, 6) is 0. The fourth-order valence-corrected chi connectivity index (χ4v) is 29.2. The lowest BCUT2D eigenvalue weighted by Crippen LogP contribution is -2.76. The quantitative estimate of drug-likeness (QED) is 0.0944. The van der Waals surface area contributed by atoms with Crippen molar-refractivity contribution in [3.8, 4) is 0 Å². The third kappa shape index (κ3) is 7.27. The predicted octanol–water partition coefficient (Wildman–Crippen LogP) is 12.8. The maximum Gasteiger partial charge on any atom is 0.252 e. The highest BCUT2D eigenvalue weighted by atomic mass is 28.3. The summed E-state index contributed by atoms with van der Waals surface area (Å²) in [6.07, 6.45) is 9.54. The van der Waals surface area contributed by atoms with Crippen molar-refractivity contribution in [1.82, 2.24) is 0 Å². The molecule has 0 spiro atoms. The third-order valence-corrected chi connectivity index (χ3v) is 33.3.